The highest BCUT2D eigenvalue weighted by molar-refractivity contribution is 5.93. The first kappa shape index (κ1) is 30.8. The fourth-order valence-electron chi connectivity index (χ4n) is 7.79. The molecule has 2 heterocycles. The summed E-state index contributed by atoms with van der Waals surface area (Å²) in [6.07, 6.45) is -8.27. The molecule has 3 aliphatic carbocycles. The molecule has 1 saturated heterocycles. The molecule has 1 aromatic heterocycles. The largest absolute Gasteiger partial charge is 0.469 e. The first-order chi connectivity index (χ1) is 19.4. The number of aliphatic hydroxyl groups is 5. The minimum Gasteiger partial charge on any atom is -0.469 e. The van der Waals surface area contributed by atoms with Crippen molar-refractivity contribution in [2.45, 2.75) is 101 Å². The van der Waals surface area contributed by atoms with Gasteiger partial charge in [-0.2, -0.15) is 0 Å². The third kappa shape index (κ3) is 4.06. The van der Waals surface area contributed by atoms with E-state index in [2.05, 4.69) is 0 Å². The number of aliphatic hydroxyl groups excluding tert-OH is 3. The number of ketones is 1. The number of furan rings is 1. The highest BCUT2D eigenvalue weighted by Crippen LogP contribution is 2.63. The lowest BCUT2D eigenvalue weighted by Gasteiger charge is -2.66. The standard InChI is InChI=1S/C30H38O12/c1-13-17(42-26(36)21(33)14(2)16-8-7-9-39-16)11-30(38)25(41-15(3)31)23-28(6,18(32)10-19-29(23,37)12-40-19)24(35)22(34)20(13)27(30,4)5/h2,7-9,14,17-19,21-23,25,32-34,37-38H,10-12H2,1,3-6H3/t14-,17-,18-,19+,21+,22+,23-,25-,28+,29-,30+/m0/s1. The molecule has 12 heteroatoms. The van der Waals surface area contributed by atoms with Gasteiger partial charge >= 0.3 is 11.9 Å². The van der Waals surface area contributed by atoms with E-state index < -0.39 is 94.6 Å². The summed E-state index contributed by atoms with van der Waals surface area (Å²) in [5.74, 6) is -5.41. The third-order valence-electron chi connectivity index (χ3n) is 10.4. The van der Waals surface area contributed by atoms with Crippen LogP contribution in [0.2, 0.25) is 0 Å². The van der Waals surface area contributed by atoms with Crippen LogP contribution in [0, 0.1) is 23.7 Å². The Morgan fingerprint density at radius 2 is 1.83 bits per heavy atom. The maximum atomic E-state index is 14.2. The number of Topliss-reactive ketones (excluding diaryl/α,β-unsaturated/α-hetero) is 1. The van der Waals surface area contributed by atoms with Crippen LogP contribution in [0.15, 0.2) is 34.0 Å². The van der Waals surface area contributed by atoms with Gasteiger partial charge in [0.05, 0.1) is 36.4 Å². The molecule has 0 spiro atoms. The van der Waals surface area contributed by atoms with E-state index in [1.54, 1.807) is 13.8 Å². The fourth-order valence-corrected chi connectivity index (χ4v) is 7.79. The molecule has 2 radical (unpaired) electrons. The molecule has 42 heavy (non-hydrogen) atoms. The van der Waals surface area contributed by atoms with Crippen molar-refractivity contribution in [3.05, 3.63) is 42.2 Å². The summed E-state index contributed by atoms with van der Waals surface area (Å²) < 4.78 is 22.1. The second kappa shape index (κ2) is 9.96. The average molecular weight is 591 g/mol. The maximum absolute atomic E-state index is 14.2. The monoisotopic (exact) mass is 590 g/mol. The highest BCUT2D eigenvalue weighted by atomic mass is 16.6. The summed E-state index contributed by atoms with van der Waals surface area (Å²) in [4.78, 5) is 39.9. The van der Waals surface area contributed by atoms with Crippen LogP contribution in [-0.4, -0.2) is 97.7 Å². The molecule has 2 bridgehead atoms. The van der Waals surface area contributed by atoms with E-state index in [0.717, 1.165) is 6.92 Å². The number of esters is 2. The molecular weight excluding hydrogens is 552 g/mol. The number of fused-ring (bicyclic) bond motifs is 5. The molecule has 230 valence electrons. The molecule has 2 saturated carbocycles. The second-order valence-corrected chi connectivity index (χ2v) is 12.9. The molecule has 0 unspecified atom stereocenters. The number of rotatable bonds is 5. The van der Waals surface area contributed by atoms with Gasteiger partial charge in [-0.05, 0) is 44.1 Å². The topological polar surface area (TPSA) is 193 Å². The van der Waals surface area contributed by atoms with Crippen LogP contribution in [0.1, 0.15) is 59.1 Å². The van der Waals surface area contributed by atoms with Crippen molar-refractivity contribution < 1.29 is 58.5 Å². The fraction of sp³-hybridized carbons (Fsp3) is 0.667. The van der Waals surface area contributed by atoms with Gasteiger partial charge in [-0.3, -0.25) is 9.59 Å². The molecule has 4 aliphatic rings. The van der Waals surface area contributed by atoms with Crippen LogP contribution in [0.3, 0.4) is 0 Å². The van der Waals surface area contributed by atoms with Gasteiger partial charge in [0.1, 0.15) is 35.3 Å². The lowest BCUT2D eigenvalue weighted by Crippen LogP contribution is -2.81. The van der Waals surface area contributed by atoms with Crippen molar-refractivity contribution in [3.8, 4) is 0 Å². The number of carbonyl (C=O) groups is 3. The number of carbonyl (C=O) groups excluding carboxylic acids is 3. The Hall–Kier alpha value is -2.61. The van der Waals surface area contributed by atoms with Crippen LogP contribution >= 0.6 is 0 Å². The number of hydrogen-bond acceptors (Lipinski definition) is 12. The molecule has 1 aromatic rings. The number of ether oxygens (including phenoxy) is 3. The normalized spacial score (nSPS) is 42.2. The van der Waals surface area contributed by atoms with Gasteiger partial charge in [0, 0.05) is 31.1 Å². The summed E-state index contributed by atoms with van der Waals surface area (Å²) in [6.45, 7) is 12.8. The molecule has 11 atom stereocenters. The zero-order valence-electron chi connectivity index (χ0n) is 24.1. The summed E-state index contributed by atoms with van der Waals surface area (Å²) in [5, 5.41) is 58.1. The summed E-state index contributed by atoms with van der Waals surface area (Å²) >= 11 is 0. The van der Waals surface area contributed by atoms with E-state index in [9.17, 15) is 39.9 Å². The Bertz CT molecular complexity index is 1300. The molecular formula is C30H38O12. The van der Waals surface area contributed by atoms with Crippen molar-refractivity contribution >= 4 is 17.7 Å². The zero-order valence-corrected chi connectivity index (χ0v) is 24.1. The van der Waals surface area contributed by atoms with Crippen molar-refractivity contribution in [2.75, 3.05) is 6.61 Å². The Balaban J connectivity index is 1.65. The predicted molar refractivity (Wildman–Crippen MR) is 141 cm³/mol. The van der Waals surface area contributed by atoms with E-state index in [1.807, 2.05) is 0 Å². The predicted octanol–water partition coefficient (Wildman–Crippen LogP) is 0.217. The lowest BCUT2D eigenvalue weighted by molar-refractivity contribution is -0.345. The van der Waals surface area contributed by atoms with Crippen molar-refractivity contribution in [1.29, 1.82) is 0 Å². The van der Waals surface area contributed by atoms with Gasteiger partial charge < -0.3 is 44.2 Å². The molecule has 5 rings (SSSR count). The van der Waals surface area contributed by atoms with Crippen LogP contribution in [0.25, 0.3) is 0 Å². The maximum Gasteiger partial charge on any atom is 0.336 e. The van der Waals surface area contributed by atoms with E-state index >= 15 is 0 Å². The van der Waals surface area contributed by atoms with Crippen LogP contribution in [0.5, 0.6) is 0 Å². The quantitative estimate of drug-likeness (QED) is 0.232. The zero-order chi connectivity index (χ0) is 31.2. The molecule has 1 aliphatic heterocycles. The van der Waals surface area contributed by atoms with Crippen LogP contribution < -0.4 is 0 Å². The van der Waals surface area contributed by atoms with Gasteiger partial charge in [-0.1, -0.05) is 13.8 Å². The molecule has 5 N–H and O–H groups in total. The Morgan fingerprint density at radius 3 is 2.38 bits per heavy atom. The van der Waals surface area contributed by atoms with Crippen LogP contribution in [-0.2, 0) is 28.6 Å². The Labute approximate surface area is 243 Å². The van der Waals surface area contributed by atoms with Gasteiger partial charge in [0.25, 0.3) is 0 Å². The van der Waals surface area contributed by atoms with Crippen molar-refractivity contribution in [3.63, 3.8) is 0 Å². The minimum atomic E-state index is -2.17. The van der Waals surface area contributed by atoms with E-state index in [4.69, 9.17) is 25.6 Å². The average Bonchev–Trinajstić information content (AvgIpc) is 3.45. The SMILES string of the molecule is [CH][C@@H](c1ccco1)[C@@H](O)C(=O)O[C@H]1C[C@@]2(O)[C@@H](OC(C)=O)[C@@H]3[C@]4(O)CO[C@@H]4C[C@H](O)[C@@]3(C)C(=O)[C@H](O)C(=C1C)C2(C)C. The highest BCUT2D eigenvalue weighted by Gasteiger charge is 2.76. The van der Waals surface area contributed by atoms with Crippen molar-refractivity contribution in [2.24, 2.45) is 16.7 Å². The van der Waals surface area contributed by atoms with Gasteiger partial charge in [-0.15, -0.1) is 0 Å². The minimum absolute atomic E-state index is 0.00636. The first-order valence-electron chi connectivity index (χ1n) is 14.0. The summed E-state index contributed by atoms with van der Waals surface area (Å²) in [5.41, 5.74) is -7.10. The molecule has 12 nitrogen and oxygen atoms in total. The summed E-state index contributed by atoms with van der Waals surface area (Å²) in [7, 11) is 0. The number of hydrogen-bond donors (Lipinski definition) is 5. The van der Waals surface area contributed by atoms with Gasteiger partial charge in [-0.25, -0.2) is 4.79 Å². The smallest absolute Gasteiger partial charge is 0.336 e. The third-order valence-corrected chi connectivity index (χ3v) is 10.4. The molecule has 0 amide bonds. The lowest BCUT2D eigenvalue weighted by atomic mass is 9.45. The van der Waals surface area contributed by atoms with E-state index in [1.165, 1.54) is 32.2 Å². The Morgan fingerprint density at radius 1 is 1.17 bits per heavy atom. The van der Waals surface area contributed by atoms with Crippen molar-refractivity contribution in [1.82, 2.24) is 0 Å². The first-order valence-corrected chi connectivity index (χ1v) is 14.0. The Kier molecular flexibility index (Phi) is 7.32. The molecule has 0 aromatic carbocycles. The van der Waals surface area contributed by atoms with Gasteiger partial charge in [0.2, 0.25) is 0 Å². The second-order valence-electron chi connectivity index (χ2n) is 12.9. The van der Waals surface area contributed by atoms with Crippen LogP contribution in [0.4, 0.5) is 0 Å². The molecule has 3 fully saturated rings. The van der Waals surface area contributed by atoms with E-state index in [-0.39, 0.29) is 29.9 Å². The summed E-state index contributed by atoms with van der Waals surface area (Å²) in [6, 6.07) is 3.01. The van der Waals surface area contributed by atoms with E-state index in [0.29, 0.717) is 0 Å². The van der Waals surface area contributed by atoms with Gasteiger partial charge in [0.15, 0.2) is 11.9 Å².